The van der Waals surface area contributed by atoms with Crippen LogP contribution in [0.15, 0.2) is 40.8 Å². The first-order chi connectivity index (χ1) is 9.31. The summed E-state index contributed by atoms with van der Waals surface area (Å²) in [6, 6.07) is 11.3. The fraction of sp³-hybridized carbons (Fsp3) is 0.0833. The highest BCUT2D eigenvalue weighted by Gasteiger charge is 2.05. The lowest BCUT2D eigenvalue weighted by Crippen LogP contribution is -1.99. The van der Waals surface area contributed by atoms with E-state index >= 15 is 0 Å². The van der Waals surface area contributed by atoms with Crippen LogP contribution in [0.3, 0.4) is 0 Å². The average molecular weight is 276 g/mol. The van der Waals surface area contributed by atoms with Crippen molar-refractivity contribution < 1.29 is 4.42 Å². The van der Waals surface area contributed by atoms with Crippen LogP contribution >= 0.6 is 11.6 Å². The first kappa shape index (κ1) is 11.7. The Balaban J connectivity index is 1.70. The molecule has 0 spiro atoms. The number of aromatic nitrogens is 4. The van der Waals surface area contributed by atoms with Crippen LogP contribution in [-0.2, 0) is 6.54 Å². The quantitative estimate of drug-likeness (QED) is 0.765. The molecule has 0 aliphatic rings. The summed E-state index contributed by atoms with van der Waals surface area (Å²) < 4.78 is 5.72. The number of anilines is 1. The van der Waals surface area contributed by atoms with Crippen molar-refractivity contribution in [2.75, 3.05) is 5.32 Å². The Morgan fingerprint density at radius 3 is 2.74 bits per heavy atom. The molecule has 3 aromatic rings. The molecule has 0 unspecified atom stereocenters. The minimum absolute atomic E-state index is 0.435. The third kappa shape index (κ3) is 2.74. The van der Waals surface area contributed by atoms with E-state index in [1.807, 2.05) is 36.4 Å². The van der Waals surface area contributed by atoms with Crippen LogP contribution in [0.1, 0.15) is 5.76 Å². The van der Waals surface area contributed by atoms with Gasteiger partial charge in [-0.1, -0.05) is 16.7 Å². The Hall–Kier alpha value is -2.34. The van der Waals surface area contributed by atoms with E-state index in [-0.39, 0.29) is 0 Å². The van der Waals surface area contributed by atoms with Crippen molar-refractivity contribution in [3.8, 4) is 11.3 Å². The van der Waals surface area contributed by atoms with Gasteiger partial charge in [-0.15, -0.1) is 5.10 Å². The predicted octanol–water partition coefficient (Wildman–Crippen LogP) is 2.73. The maximum absolute atomic E-state index is 5.85. The molecule has 0 radical (unpaired) electrons. The average Bonchev–Trinajstić information content (AvgIpc) is 3.09. The summed E-state index contributed by atoms with van der Waals surface area (Å²) >= 11 is 5.85. The number of aromatic amines is 1. The van der Waals surface area contributed by atoms with Gasteiger partial charge in [-0.25, -0.2) is 0 Å². The monoisotopic (exact) mass is 275 g/mol. The molecule has 0 aliphatic heterocycles. The summed E-state index contributed by atoms with van der Waals surface area (Å²) in [6.07, 6.45) is 0. The lowest BCUT2D eigenvalue weighted by molar-refractivity contribution is 0.531. The first-order valence-corrected chi connectivity index (χ1v) is 6.01. The summed E-state index contributed by atoms with van der Waals surface area (Å²) in [4.78, 5) is 0. The van der Waals surface area contributed by atoms with E-state index in [0.29, 0.717) is 17.5 Å². The van der Waals surface area contributed by atoms with Gasteiger partial charge in [-0.2, -0.15) is 5.21 Å². The largest absolute Gasteiger partial charge is 0.459 e. The van der Waals surface area contributed by atoms with E-state index in [4.69, 9.17) is 16.0 Å². The zero-order valence-electron chi connectivity index (χ0n) is 9.80. The number of halogens is 1. The maximum Gasteiger partial charge on any atom is 0.263 e. The van der Waals surface area contributed by atoms with Crippen LogP contribution in [-0.4, -0.2) is 20.6 Å². The summed E-state index contributed by atoms with van der Waals surface area (Å²) in [7, 11) is 0. The van der Waals surface area contributed by atoms with Gasteiger partial charge in [0.15, 0.2) is 0 Å². The van der Waals surface area contributed by atoms with E-state index < -0.39 is 0 Å². The van der Waals surface area contributed by atoms with Crippen molar-refractivity contribution in [2.45, 2.75) is 6.54 Å². The summed E-state index contributed by atoms with van der Waals surface area (Å²) in [6.45, 7) is 0.493. The van der Waals surface area contributed by atoms with E-state index in [1.165, 1.54) is 0 Å². The number of tetrazole rings is 1. The predicted molar refractivity (Wildman–Crippen MR) is 70.7 cm³/mol. The van der Waals surface area contributed by atoms with Crippen molar-refractivity contribution in [3.63, 3.8) is 0 Å². The molecule has 0 atom stereocenters. The number of benzene rings is 1. The van der Waals surface area contributed by atoms with E-state index in [2.05, 4.69) is 25.9 Å². The minimum Gasteiger partial charge on any atom is -0.459 e. The number of rotatable bonds is 4. The number of nitrogens with zero attached hydrogens (tertiary/aromatic N) is 3. The Kier molecular flexibility index (Phi) is 3.16. The number of furan rings is 1. The molecule has 0 aliphatic carbocycles. The Bertz CT molecular complexity index is 647. The molecule has 96 valence electrons. The Labute approximate surface area is 113 Å². The van der Waals surface area contributed by atoms with Gasteiger partial charge in [-0.05, 0) is 41.6 Å². The third-order valence-corrected chi connectivity index (χ3v) is 2.81. The molecule has 7 heteroatoms. The van der Waals surface area contributed by atoms with Crippen molar-refractivity contribution in [1.29, 1.82) is 0 Å². The molecule has 0 fully saturated rings. The fourth-order valence-electron chi connectivity index (χ4n) is 1.65. The normalized spacial score (nSPS) is 10.6. The highest BCUT2D eigenvalue weighted by molar-refractivity contribution is 6.30. The molecule has 0 bridgehead atoms. The molecule has 2 aromatic heterocycles. The van der Waals surface area contributed by atoms with E-state index in [9.17, 15) is 0 Å². The Morgan fingerprint density at radius 1 is 1.16 bits per heavy atom. The zero-order chi connectivity index (χ0) is 13.1. The molecular formula is C12H10ClN5O. The van der Waals surface area contributed by atoms with Crippen molar-refractivity contribution in [2.24, 2.45) is 0 Å². The third-order valence-electron chi connectivity index (χ3n) is 2.56. The van der Waals surface area contributed by atoms with Crippen LogP contribution in [0.4, 0.5) is 5.95 Å². The van der Waals surface area contributed by atoms with Crippen LogP contribution in [0.25, 0.3) is 11.3 Å². The highest BCUT2D eigenvalue weighted by atomic mass is 35.5. The zero-order valence-corrected chi connectivity index (χ0v) is 10.6. The lowest BCUT2D eigenvalue weighted by atomic mass is 10.2. The molecule has 3 rings (SSSR count). The second-order valence-electron chi connectivity index (χ2n) is 3.86. The van der Waals surface area contributed by atoms with Gasteiger partial charge in [0.25, 0.3) is 5.95 Å². The number of nitrogens with one attached hydrogen (secondary N) is 2. The number of hydrogen-bond donors (Lipinski definition) is 2. The van der Waals surface area contributed by atoms with Crippen molar-refractivity contribution in [3.05, 3.63) is 47.2 Å². The van der Waals surface area contributed by atoms with Crippen molar-refractivity contribution >= 4 is 17.5 Å². The summed E-state index contributed by atoms with van der Waals surface area (Å²) in [5.41, 5.74) is 0.982. The van der Waals surface area contributed by atoms with Gasteiger partial charge >= 0.3 is 0 Å². The fourth-order valence-corrected chi connectivity index (χ4v) is 1.77. The number of H-pyrrole nitrogens is 1. The van der Waals surface area contributed by atoms with Gasteiger partial charge in [0.05, 0.1) is 6.54 Å². The topological polar surface area (TPSA) is 79.6 Å². The molecule has 1 aromatic carbocycles. The van der Waals surface area contributed by atoms with Gasteiger partial charge < -0.3 is 9.73 Å². The summed E-state index contributed by atoms with van der Waals surface area (Å²) in [5, 5.41) is 17.1. The molecule has 19 heavy (non-hydrogen) atoms. The molecule has 2 N–H and O–H groups in total. The van der Waals surface area contributed by atoms with Crippen LogP contribution in [0, 0.1) is 0 Å². The van der Waals surface area contributed by atoms with Crippen LogP contribution < -0.4 is 5.32 Å². The summed E-state index contributed by atoms with van der Waals surface area (Å²) in [5.74, 6) is 2.01. The smallest absolute Gasteiger partial charge is 0.263 e. The van der Waals surface area contributed by atoms with Crippen molar-refractivity contribution in [1.82, 2.24) is 20.6 Å². The lowest BCUT2D eigenvalue weighted by Gasteiger charge is -1.99. The van der Waals surface area contributed by atoms with Gasteiger partial charge in [0.1, 0.15) is 11.5 Å². The second-order valence-corrected chi connectivity index (χ2v) is 4.30. The van der Waals surface area contributed by atoms with E-state index in [1.54, 1.807) is 0 Å². The standard InChI is InChI=1S/C12H10ClN5O/c13-9-3-1-8(2-4-9)11-6-5-10(19-11)7-14-12-15-17-18-16-12/h1-6H,7H2,(H2,14,15,16,17,18). The molecule has 2 heterocycles. The maximum atomic E-state index is 5.85. The SMILES string of the molecule is Clc1ccc(-c2ccc(CNc3nn[nH]n3)o2)cc1. The highest BCUT2D eigenvalue weighted by Crippen LogP contribution is 2.23. The van der Waals surface area contributed by atoms with Gasteiger partial charge in [0.2, 0.25) is 0 Å². The van der Waals surface area contributed by atoms with Crippen LogP contribution in [0.2, 0.25) is 5.02 Å². The number of hydrogen-bond acceptors (Lipinski definition) is 5. The van der Waals surface area contributed by atoms with E-state index in [0.717, 1.165) is 17.1 Å². The Morgan fingerprint density at radius 2 is 2.00 bits per heavy atom. The molecule has 0 saturated carbocycles. The molecular weight excluding hydrogens is 266 g/mol. The molecule has 0 saturated heterocycles. The second kappa shape index (κ2) is 5.11. The van der Waals surface area contributed by atoms with Crippen LogP contribution in [0.5, 0.6) is 0 Å². The minimum atomic E-state index is 0.435. The molecule has 6 nitrogen and oxygen atoms in total. The van der Waals surface area contributed by atoms with Gasteiger partial charge in [-0.3, -0.25) is 0 Å². The molecule has 0 amide bonds. The van der Waals surface area contributed by atoms with Gasteiger partial charge in [0, 0.05) is 10.6 Å². The first-order valence-electron chi connectivity index (χ1n) is 5.63.